The van der Waals surface area contributed by atoms with Gasteiger partial charge in [-0.15, -0.1) is 0 Å². The summed E-state index contributed by atoms with van der Waals surface area (Å²) in [6, 6.07) is 23.9. The van der Waals surface area contributed by atoms with Crippen molar-refractivity contribution in [1.29, 1.82) is 0 Å². The van der Waals surface area contributed by atoms with Gasteiger partial charge >= 0.3 is 0 Å². The number of anilines is 3. The van der Waals surface area contributed by atoms with Gasteiger partial charge in [0.25, 0.3) is 0 Å². The number of hydrogen-bond acceptors (Lipinski definition) is 7. The quantitative estimate of drug-likeness (QED) is 0.346. The maximum Gasteiger partial charge on any atom is 0.145 e. The Labute approximate surface area is 244 Å². The van der Waals surface area contributed by atoms with E-state index in [-0.39, 0.29) is 12.2 Å². The molecule has 1 N–H and O–H groups in total. The summed E-state index contributed by atoms with van der Waals surface area (Å²) < 4.78 is 6.06. The van der Waals surface area contributed by atoms with Gasteiger partial charge in [0, 0.05) is 63.6 Å². The smallest absolute Gasteiger partial charge is 0.145 e. The second-order valence-electron chi connectivity index (χ2n) is 11.9. The summed E-state index contributed by atoms with van der Waals surface area (Å²) in [7, 11) is 0. The Morgan fingerprint density at radius 1 is 0.951 bits per heavy atom. The van der Waals surface area contributed by atoms with Crippen molar-refractivity contribution < 1.29 is 9.57 Å². The minimum Gasteiger partial charge on any atom is -0.489 e. The summed E-state index contributed by atoms with van der Waals surface area (Å²) in [5.74, 6) is 0.978. The van der Waals surface area contributed by atoms with Crippen molar-refractivity contribution in [2.24, 2.45) is 5.16 Å². The van der Waals surface area contributed by atoms with Gasteiger partial charge in [-0.05, 0) is 62.6 Å². The van der Waals surface area contributed by atoms with E-state index in [0.29, 0.717) is 0 Å². The zero-order valence-corrected chi connectivity index (χ0v) is 24.7. The fourth-order valence-corrected chi connectivity index (χ4v) is 6.18. The third kappa shape index (κ3) is 6.79. The van der Waals surface area contributed by atoms with Crippen LogP contribution in [0.25, 0.3) is 0 Å². The molecule has 3 aromatic rings. The molecule has 0 radical (unpaired) electrons. The van der Waals surface area contributed by atoms with Gasteiger partial charge in [0.1, 0.15) is 11.9 Å². The molecule has 1 unspecified atom stereocenters. The van der Waals surface area contributed by atoms with E-state index in [9.17, 15) is 0 Å². The number of hydrogen-bond donors (Lipinski definition) is 1. The van der Waals surface area contributed by atoms with E-state index in [1.165, 1.54) is 28.1 Å². The average molecular weight is 554 g/mol. The van der Waals surface area contributed by atoms with E-state index in [0.717, 1.165) is 82.3 Å². The molecule has 1 atom stereocenters. The molecule has 0 aromatic heterocycles. The summed E-state index contributed by atoms with van der Waals surface area (Å²) in [5.41, 5.74) is 8.85. The Kier molecular flexibility index (Phi) is 8.33. The maximum atomic E-state index is 6.06. The highest BCUT2D eigenvalue weighted by molar-refractivity contribution is 5.90. The van der Waals surface area contributed by atoms with E-state index in [4.69, 9.17) is 9.57 Å². The Hall–Kier alpha value is -3.71. The highest BCUT2D eigenvalue weighted by Crippen LogP contribution is 2.32. The number of ether oxygens (including phenoxy) is 1. The van der Waals surface area contributed by atoms with Crippen LogP contribution in [0.15, 0.2) is 71.9 Å². The number of fused-ring (bicyclic) bond motifs is 1. The Balaban J connectivity index is 0.979. The van der Waals surface area contributed by atoms with Crippen LogP contribution in [-0.2, 0) is 17.8 Å². The number of benzene rings is 3. The van der Waals surface area contributed by atoms with Crippen LogP contribution < -0.4 is 19.9 Å². The van der Waals surface area contributed by atoms with Gasteiger partial charge in [-0.3, -0.25) is 4.90 Å². The minimum absolute atomic E-state index is 0.137. The number of piperazine rings is 1. The van der Waals surface area contributed by atoms with Gasteiger partial charge in [0.2, 0.25) is 0 Å². The molecule has 1 saturated heterocycles. The normalized spacial score (nSPS) is 18.8. The van der Waals surface area contributed by atoms with Crippen LogP contribution in [0.2, 0.25) is 0 Å². The van der Waals surface area contributed by atoms with Crippen molar-refractivity contribution in [1.82, 2.24) is 4.90 Å². The summed E-state index contributed by atoms with van der Waals surface area (Å²) in [6.45, 7) is 13.9. The van der Waals surface area contributed by atoms with Gasteiger partial charge in [-0.1, -0.05) is 53.2 Å². The lowest BCUT2D eigenvalue weighted by molar-refractivity contribution is 0.0510. The standard InChI is InChI=1S/C34H43N5O2/c1-25(2)40-34-10-5-4-9-32(34)38-17-15-37(16-18-38)24-31-20-30(36-41-31)23-39-14-13-28-11-12-29(21-33(28)39)35-22-27-8-6-7-26(3)19-27/h4-12,19,21,25,31,35H,13-18,20,22-24H2,1-3H3. The molecule has 1 fully saturated rings. The first-order chi connectivity index (χ1) is 20.0. The SMILES string of the molecule is Cc1cccc(CNc2ccc3c(c2)N(CC2=NOC(CN4CCN(c5ccccc5OC(C)C)CC4)C2)CC3)c1. The molecule has 0 saturated carbocycles. The molecule has 7 nitrogen and oxygen atoms in total. The monoisotopic (exact) mass is 553 g/mol. The number of aryl methyl sites for hydroxylation is 1. The fourth-order valence-electron chi connectivity index (χ4n) is 6.18. The van der Waals surface area contributed by atoms with Crippen LogP contribution in [-0.4, -0.2) is 68.6 Å². The van der Waals surface area contributed by atoms with Gasteiger partial charge in [-0.25, -0.2) is 0 Å². The molecule has 41 heavy (non-hydrogen) atoms. The van der Waals surface area contributed by atoms with Crippen LogP contribution in [0, 0.1) is 6.92 Å². The number of para-hydroxylation sites is 2. The van der Waals surface area contributed by atoms with E-state index < -0.39 is 0 Å². The lowest BCUT2D eigenvalue weighted by Crippen LogP contribution is -2.48. The molecule has 6 rings (SSSR count). The fraction of sp³-hybridized carbons (Fsp3) is 0.441. The molecule has 3 aliphatic rings. The Morgan fingerprint density at radius 2 is 1.80 bits per heavy atom. The van der Waals surface area contributed by atoms with E-state index in [1.807, 2.05) is 0 Å². The predicted octanol–water partition coefficient (Wildman–Crippen LogP) is 5.72. The molecule has 0 aliphatic carbocycles. The first-order valence-corrected chi connectivity index (χ1v) is 15.1. The molecule has 0 spiro atoms. The highest BCUT2D eigenvalue weighted by Gasteiger charge is 2.29. The highest BCUT2D eigenvalue weighted by atomic mass is 16.6. The Morgan fingerprint density at radius 3 is 2.63 bits per heavy atom. The molecule has 3 heterocycles. The largest absolute Gasteiger partial charge is 0.489 e. The third-order valence-corrected chi connectivity index (χ3v) is 8.23. The third-order valence-electron chi connectivity index (χ3n) is 8.23. The first-order valence-electron chi connectivity index (χ1n) is 15.1. The van der Waals surface area contributed by atoms with Gasteiger partial charge in [0.15, 0.2) is 0 Å². The number of nitrogens with zero attached hydrogens (tertiary/aromatic N) is 4. The lowest BCUT2D eigenvalue weighted by Gasteiger charge is -2.37. The summed E-state index contributed by atoms with van der Waals surface area (Å²) >= 11 is 0. The minimum atomic E-state index is 0.137. The molecular weight excluding hydrogens is 510 g/mol. The molecule has 3 aromatic carbocycles. The van der Waals surface area contributed by atoms with Gasteiger partial charge < -0.3 is 24.7 Å². The van der Waals surface area contributed by atoms with Crippen molar-refractivity contribution >= 4 is 22.8 Å². The lowest BCUT2D eigenvalue weighted by atomic mass is 10.1. The topological polar surface area (TPSA) is 52.6 Å². The number of oxime groups is 1. The summed E-state index contributed by atoms with van der Waals surface area (Å²) in [6.07, 6.45) is 2.30. The molecule has 0 bridgehead atoms. The Bertz CT molecular complexity index is 1360. The van der Waals surface area contributed by atoms with E-state index >= 15 is 0 Å². The van der Waals surface area contributed by atoms with Crippen LogP contribution in [0.5, 0.6) is 5.75 Å². The number of nitrogens with one attached hydrogen (secondary N) is 1. The second kappa shape index (κ2) is 12.4. The van der Waals surface area contributed by atoms with Crippen LogP contribution >= 0.6 is 0 Å². The van der Waals surface area contributed by atoms with Crippen LogP contribution in [0.1, 0.15) is 37.0 Å². The van der Waals surface area contributed by atoms with Gasteiger partial charge in [-0.2, -0.15) is 0 Å². The van der Waals surface area contributed by atoms with E-state index in [2.05, 4.69) is 113 Å². The average Bonchev–Trinajstić information content (AvgIpc) is 3.59. The zero-order valence-electron chi connectivity index (χ0n) is 24.7. The molecule has 7 heteroatoms. The van der Waals surface area contributed by atoms with E-state index in [1.54, 1.807) is 0 Å². The first kappa shape index (κ1) is 27.5. The zero-order chi connectivity index (χ0) is 28.2. The van der Waals surface area contributed by atoms with Crippen molar-refractivity contribution in [3.05, 3.63) is 83.4 Å². The summed E-state index contributed by atoms with van der Waals surface area (Å²) in [5, 5.41) is 8.14. The molecule has 3 aliphatic heterocycles. The van der Waals surface area contributed by atoms with Crippen molar-refractivity contribution in [2.45, 2.75) is 52.4 Å². The van der Waals surface area contributed by atoms with Crippen LogP contribution in [0.4, 0.5) is 17.1 Å². The maximum absolute atomic E-state index is 6.06. The van der Waals surface area contributed by atoms with Gasteiger partial charge in [0.05, 0.1) is 24.0 Å². The summed E-state index contributed by atoms with van der Waals surface area (Å²) in [4.78, 5) is 13.4. The second-order valence-corrected chi connectivity index (χ2v) is 11.9. The molecule has 0 amide bonds. The van der Waals surface area contributed by atoms with Crippen molar-refractivity contribution in [2.75, 3.05) is 60.9 Å². The van der Waals surface area contributed by atoms with Crippen molar-refractivity contribution in [3.8, 4) is 5.75 Å². The molecular formula is C34H43N5O2. The predicted molar refractivity (Wildman–Crippen MR) is 169 cm³/mol. The number of rotatable bonds is 10. The van der Waals surface area contributed by atoms with Crippen LogP contribution in [0.3, 0.4) is 0 Å². The molecule has 216 valence electrons. The van der Waals surface area contributed by atoms with Crippen molar-refractivity contribution in [3.63, 3.8) is 0 Å².